The maximum atomic E-state index is 12.3. The van der Waals surface area contributed by atoms with Crippen LogP contribution >= 0.6 is 11.8 Å². The van der Waals surface area contributed by atoms with E-state index in [1.165, 1.54) is 6.08 Å². The number of amides is 1. The van der Waals surface area contributed by atoms with Gasteiger partial charge in [-0.05, 0) is 42.7 Å². The molecule has 2 aromatic carbocycles. The van der Waals surface area contributed by atoms with E-state index in [1.54, 1.807) is 23.9 Å². The average Bonchev–Trinajstić information content (AvgIpc) is 2.83. The van der Waals surface area contributed by atoms with E-state index in [4.69, 9.17) is 0 Å². The van der Waals surface area contributed by atoms with Crippen molar-refractivity contribution in [2.24, 2.45) is 0 Å². The van der Waals surface area contributed by atoms with Crippen molar-refractivity contribution in [3.05, 3.63) is 65.7 Å². The van der Waals surface area contributed by atoms with Gasteiger partial charge in [0.2, 0.25) is 0 Å². The molecule has 21 heavy (non-hydrogen) atoms. The molecule has 0 fully saturated rings. The van der Waals surface area contributed by atoms with E-state index in [2.05, 4.69) is 5.32 Å². The van der Waals surface area contributed by atoms with E-state index in [9.17, 15) is 9.59 Å². The molecule has 0 aromatic heterocycles. The van der Waals surface area contributed by atoms with Gasteiger partial charge in [-0.25, -0.2) is 0 Å². The quantitative estimate of drug-likeness (QED) is 0.534. The Hall–Kier alpha value is -2.33. The van der Waals surface area contributed by atoms with Crippen LogP contribution in [0.1, 0.15) is 15.9 Å². The van der Waals surface area contributed by atoms with Crippen LogP contribution in [0, 0.1) is 0 Å². The molecule has 1 aliphatic rings. The molecule has 0 atom stereocenters. The monoisotopic (exact) mass is 295 g/mol. The number of hydrogen-bond acceptors (Lipinski definition) is 3. The van der Waals surface area contributed by atoms with Crippen molar-refractivity contribution < 1.29 is 9.59 Å². The molecule has 104 valence electrons. The van der Waals surface area contributed by atoms with Gasteiger partial charge in [-0.2, -0.15) is 0 Å². The second kappa shape index (κ2) is 5.58. The van der Waals surface area contributed by atoms with Crippen LogP contribution < -0.4 is 5.32 Å². The number of anilines is 1. The summed E-state index contributed by atoms with van der Waals surface area (Å²) >= 11 is 1.62. The predicted molar refractivity (Wildman–Crippen MR) is 85.6 cm³/mol. The van der Waals surface area contributed by atoms with Crippen LogP contribution in [0.2, 0.25) is 0 Å². The third-order valence-electron chi connectivity index (χ3n) is 3.36. The highest BCUT2D eigenvalue weighted by molar-refractivity contribution is 7.98. The third kappa shape index (κ3) is 2.62. The van der Waals surface area contributed by atoms with Gasteiger partial charge in [0, 0.05) is 21.7 Å². The van der Waals surface area contributed by atoms with Crippen molar-refractivity contribution in [1.82, 2.24) is 0 Å². The van der Waals surface area contributed by atoms with Gasteiger partial charge in [-0.3, -0.25) is 9.59 Å². The van der Waals surface area contributed by atoms with E-state index in [0.717, 1.165) is 16.1 Å². The Morgan fingerprint density at radius 3 is 2.52 bits per heavy atom. The Morgan fingerprint density at radius 1 is 1.10 bits per heavy atom. The fraction of sp³-hybridized carbons (Fsp3) is 0.0588. The van der Waals surface area contributed by atoms with E-state index < -0.39 is 0 Å². The Morgan fingerprint density at radius 2 is 1.81 bits per heavy atom. The van der Waals surface area contributed by atoms with Gasteiger partial charge < -0.3 is 5.32 Å². The van der Waals surface area contributed by atoms with E-state index in [0.29, 0.717) is 11.1 Å². The van der Waals surface area contributed by atoms with Crippen molar-refractivity contribution in [2.45, 2.75) is 4.90 Å². The van der Waals surface area contributed by atoms with Crippen molar-refractivity contribution in [3.63, 3.8) is 0 Å². The van der Waals surface area contributed by atoms with Crippen molar-refractivity contribution in [1.29, 1.82) is 0 Å². The first-order valence-electron chi connectivity index (χ1n) is 6.50. The summed E-state index contributed by atoms with van der Waals surface area (Å²) in [4.78, 5) is 25.4. The largest absolute Gasteiger partial charge is 0.321 e. The van der Waals surface area contributed by atoms with Crippen LogP contribution in [0.4, 0.5) is 5.69 Å². The summed E-state index contributed by atoms with van der Waals surface area (Å²) in [5.41, 5.74) is 2.53. The minimum absolute atomic E-state index is 0.162. The minimum Gasteiger partial charge on any atom is -0.321 e. The molecule has 0 saturated carbocycles. The van der Waals surface area contributed by atoms with Crippen LogP contribution in [0.15, 0.2) is 59.5 Å². The number of benzene rings is 2. The number of rotatable bonds is 3. The lowest BCUT2D eigenvalue weighted by molar-refractivity contribution is -0.110. The van der Waals surface area contributed by atoms with Gasteiger partial charge in [-0.1, -0.05) is 18.2 Å². The number of fused-ring (bicyclic) bond motifs is 1. The lowest BCUT2D eigenvalue weighted by Crippen LogP contribution is -2.06. The highest BCUT2D eigenvalue weighted by atomic mass is 32.2. The zero-order valence-electron chi connectivity index (χ0n) is 11.4. The maximum absolute atomic E-state index is 12.3. The second-order valence-corrected chi connectivity index (χ2v) is 5.53. The van der Waals surface area contributed by atoms with Crippen molar-refractivity contribution in [3.8, 4) is 0 Å². The minimum atomic E-state index is -0.231. The third-order valence-corrected chi connectivity index (χ3v) is 4.10. The van der Waals surface area contributed by atoms with Gasteiger partial charge >= 0.3 is 0 Å². The highest BCUT2D eigenvalue weighted by Gasteiger charge is 2.24. The number of hydrogen-bond donors (Lipinski definition) is 1. The van der Waals surface area contributed by atoms with Crippen LogP contribution in [-0.4, -0.2) is 17.9 Å². The molecule has 0 bridgehead atoms. The zero-order chi connectivity index (χ0) is 14.8. The molecular weight excluding hydrogens is 282 g/mol. The Kier molecular flexibility index (Phi) is 3.62. The first-order valence-corrected chi connectivity index (χ1v) is 7.72. The first-order chi connectivity index (χ1) is 10.2. The van der Waals surface area contributed by atoms with Gasteiger partial charge in [0.25, 0.3) is 5.91 Å². The lowest BCUT2D eigenvalue weighted by Gasteiger charge is -2.00. The van der Waals surface area contributed by atoms with Crippen LogP contribution in [0.25, 0.3) is 5.57 Å². The molecule has 0 radical (unpaired) electrons. The summed E-state index contributed by atoms with van der Waals surface area (Å²) in [7, 11) is 0. The molecule has 3 rings (SSSR count). The number of ketones is 1. The lowest BCUT2D eigenvalue weighted by atomic mass is 10.0. The SMILES string of the molecule is CSc1ccc(C(=O)/C=C2\C(=O)Nc3ccccc32)cc1. The summed E-state index contributed by atoms with van der Waals surface area (Å²) in [5, 5.41) is 2.76. The Bertz CT molecular complexity index is 748. The molecule has 0 aliphatic carbocycles. The number of carbonyl (C=O) groups is 2. The smallest absolute Gasteiger partial charge is 0.256 e. The Labute approximate surface area is 127 Å². The van der Waals surface area contributed by atoms with E-state index >= 15 is 0 Å². The summed E-state index contributed by atoms with van der Waals surface area (Å²) < 4.78 is 0. The molecule has 0 saturated heterocycles. The molecule has 1 heterocycles. The van der Waals surface area contributed by atoms with Gasteiger partial charge in [0.15, 0.2) is 5.78 Å². The Balaban J connectivity index is 1.94. The summed E-state index contributed by atoms with van der Waals surface area (Å²) in [6.45, 7) is 0. The summed E-state index contributed by atoms with van der Waals surface area (Å²) in [6.07, 6.45) is 3.40. The molecule has 0 unspecified atom stereocenters. The summed E-state index contributed by atoms with van der Waals surface area (Å²) in [6, 6.07) is 14.7. The average molecular weight is 295 g/mol. The molecule has 3 nitrogen and oxygen atoms in total. The number of allylic oxidation sites excluding steroid dienone is 1. The summed E-state index contributed by atoms with van der Waals surface area (Å²) in [5.74, 6) is -0.394. The van der Waals surface area contributed by atoms with E-state index in [-0.39, 0.29) is 11.7 Å². The number of para-hydroxylation sites is 1. The van der Waals surface area contributed by atoms with Gasteiger partial charge in [0.05, 0.1) is 5.57 Å². The zero-order valence-corrected chi connectivity index (χ0v) is 12.2. The number of thioether (sulfide) groups is 1. The fourth-order valence-corrected chi connectivity index (χ4v) is 2.66. The van der Waals surface area contributed by atoms with Crippen LogP contribution in [0.5, 0.6) is 0 Å². The topological polar surface area (TPSA) is 46.2 Å². The molecule has 1 N–H and O–H groups in total. The van der Waals surface area contributed by atoms with Gasteiger partial charge in [0.1, 0.15) is 0 Å². The maximum Gasteiger partial charge on any atom is 0.256 e. The van der Waals surface area contributed by atoms with E-state index in [1.807, 2.05) is 42.7 Å². The van der Waals surface area contributed by atoms with Crippen molar-refractivity contribution >= 4 is 34.7 Å². The molecule has 0 spiro atoms. The molecule has 1 amide bonds. The number of carbonyl (C=O) groups excluding carboxylic acids is 2. The number of nitrogens with one attached hydrogen (secondary N) is 1. The highest BCUT2D eigenvalue weighted by Crippen LogP contribution is 2.31. The molecule has 4 heteroatoms. The first kappa shape index (κ1) is 13.6. The standard InChI is InChI=1S/C17H13NO2S/c1-21-12-8-6-11(7-9-12)16(19)10-14-13-4-2-3-5-15(13)18-17(14)20/h2-10H,1H3,(H,18,20)/b14-10-. The van der Waals surface area contributed by atoms with Crippen molar-refractivity contribution in [2.75, 3.05) is 11.6 Å². The van der Waals surface area contributed by atoms with Gasteiger partial charge in [-0.15, -0.1) is 11.8 Å². The normalized spacial score (nSPS) is 14.9. The molecule has 2 aromatic rings. The fourth-order valence-electron chi connectivity index (χ4n) is 2.25. The van der Waals surface area contributed by atoms with Crippen LogP contribution in [0.3, 0.4) is 0 Å². The predicted octanol–water partition coefficient (Wildman–Crippen LogP) is 3.63. The van der Waals surface area contributed by atoms with Crippen LogP contribution in [-0.2, 0) is 4.79 Å². The molecular formula is C17H13NO2S. The molecule has 1 aliphatic heterocycles. The second-order valence-electron chi connectivity index (χ2n) is 4.65.